The standard InChI is InChI=1S/C18H20F2N2O3S/c1-12-5-3-6-16(13(12)2)22-18(23)7-4-10-21-26(24,25)17-9-8-14(19)11-15(17)20/h3,5-6,8-9,11,21H,4,7,10H2,1-2H3,(H,22,23). The van der Waals surface area contributed by atoms with Crippen molar-refractivity contribution in [1.82, 2.24) is 4.72 Å². The molecular weight excluding hydrogens is 362 g/mol. The van der Waals surface area contributed by atoms with Gasteiger partial charge in [0.1, 0.15) is 16.5 Å². The maximum Gasteiger partial charge on any atom is 0.243 e. The lowest BCUT2D eigenvalue weighted by atomic mass is 10.1. The number of amides is 1. The number of hydrogen-bond donors (Lipinski definition) is 2. The van der Waals surface area contributed by atoms with Gasteiger partial charge in [-0.3, -0.25) is 4.79 Å². The zero-order chi connectivity index (χ0) is 19.3. The number of sulfonamides is 1. The fourth-order valence-corrected chi connectivity index (χ4v) is 3.46. The Bertz CT molecular complexity index is 915. The minimum Gasteiger partial charge on any atom is -0.326 e. The predicted molar refractivity (Wildman–Crippen MR) is 95.3 cm³/mol. The van der Waals surface area contributed by atoms with Crippen LogP contribution in [0.2, 0.25) is 0 Å². The monoisotopic (exact) mass is 382 g/mol. The van der Waals surface area contributed by atoms with Crippen molar-refractivity contribution in [3.63, 3.8) is 0 Å². The van der Waals surface area contributed by atoms with Crippen LogP contribution in [0.1, 0.15) is 24.0 Å². The summed E-state index contributed by atoms with van der Waals surface area (Å²) in [5, 5.41) is 2.78. The van der Waals surface area contributed by atoms with E-state index in [1.807, 2.05) is 26.0 Å². The minimum absolute atomic E-state index is 0.0423. The van der Waals surface area contributed by atoms with Gasteiger partial charge in [0.2, 0.25) is 15.9 Å². The molecule has 1 amide bonds. The third kappa shape index (κ3) is 5.09. The molecule has 0 bridgehead atoms. The number of benzene rings is 2. The fourth-order valence-electron chi connectivity index (χ4n) is 2.33. The molecule has 0 heterocycles. The molecule has 2 rings (SSSR count). The maximum absolute atomic E-state index is 13.6. The lowest BCUT2D eigenvalue weighted by molar-refractivity contribution is -0.116. The number of hydrogen-bond acceptors (Lipinski definition) is 3. The number of nitrogens with one attached hydrogen (secondary N) is 2. The number of carbonyl (C=O) groups is 1. The number of aryl methyl sites for hydroxylation is 1. The van der Waals surface area contributed by atoms with Crippen molar-refractivity contribution in [2.45, 2.75) is 31.6 Å². The van der Waals surface area contributed by atoms with Gasteiger partial charge in [0.15, 0.2) is 0 Å². The van der Waals surface area contributed by atoms with Crippen molar-refractivity contribution in [2.75, 3.05) is 11.9 Å². The van der Waals surface area contributed by atoms with Gasteiger partial charge in [-0.15, -0.1) is 0 Å². The third-order valence-electron chi connectivity index (χ3n) is 3.93. The molecule has 0 aromatic heterocycles. The molecule has 5 nitrogen and oxygen atoms in total. The first-order valence-corrected chi connectivity index (χ1v) is 9.50. The number of anilines is 1. The van der Waals surface area contributed by atoms with Crippen molar-refractivity contribution in [1.29, 1.82) is 0 Å². The van der Waals surface area contributed by atoms with E-state index in [-0.39, 0.29) is 25.3 Å². The summed E-state index contributed by atoms with van der Waals surface area (Å²) in [6.07, 6.45) is 0.334. The normalized spacial score (nSPS) is 11.4. The van der Waals surface area contributed by atoms with Gasteiger partial charge in [0.25, 0.3) is 0 Å². The van der Waals surface area contributed by atoms with E-state index >= 15 is 0 Å². The molecule has 2 aromatic carbocycles. The molecule has 0 unspecified atom stereocenters. The largest absolute Gasteiger partial charge is 0.326 e. The van der Waals surface area contributed by atoms with E-state index in [0.717, 1.165) is 23.3 Å². The summed E-state index contributed by atoms with van der Waals surface area (Å²) in [6, 6.07) is 7.81. The van der Waals surface area contributed by atoms with E-state index in [4.69, 9.17) is 0 Å². The van der Waals surface area contributed by atoms with Crippen LogP contribution in [0.15, 0.2) is 41.3 Å². The van der Waals surface area contributed by atoms with E-state index < -0.39 is 26.6 Å². The van der Waals surface area contributed by atoms with Gasteiger partial charge >= 0.3 is 0 Å². The van der Waals surface area contributed by atoms with Crippen molar-refractivity contribution >= 4 is 21.6 Å². The van der Waals surface area contributed by atoms with Gasteiger partial charge in [-0.25, -0.2) is 21.9 Å². The summed E-state index contributed by atoms with van der Waals surface area (Å²) in [4.78, 5) is 11.3. The van der Waals surface area contributed by atoms with Crippen LogP contribution >= 0.6 is 0 Å². The second-order valence-electron chi connectivity index (χ2n) is 5.87. The van der Waals surface area contributed by atoms with E-state index in [9.17, 15) is 22.0 Å². The third-order valence-corrected chi connectivity index (χ3v) is 5.43. The highest BCUT2D eigenvalue weighted by molar-refractivity contribution is 7.89. The molecule has 0 atom stereocenters. The van der Waals surface area contributed by atoms with Crippen LogP contribution < -0.4 is 10.0 Å². The Morgan fingerprint density at radius 2 is 1.85 bits per heavy atom. The first-order chi connectivity index (χ1) is 12.2. The van der Waals surface area contributed by atoms with Crippen molar-refractivity contribution < 1.29 is 22.0 Å². The Morgan fingerprint density at radius 3 is 2.54 bits per heavy atom. The zero-order valence-electron chi connectivity index (χ0n) is 14.5. The zero-order valence-corrected chi connectivity index (χ0v) is 15.3. The maximum atomic E-state index is 13.6. The lowest BCUT2D eigenvalue weighted by Gasteiger charge is -2.11. The van der Waals surface area contributed by atoms with Crippen LogP contribution in [0.25, 0.3) is 0 Å². The number of rotatable bonds is 7. The average Bonchev–Trinajstić information content (AvgIpc) is 2.55. The SMILES string of the molecule is Cc1cccc(NC(=O)CCCNS(=O)(=O)c2ccc(F)cc2F)c1C. The molecule has 0 aliphatic carbocycles. The van der Waals surface area contributed by atoms with Crippen LogP contribution in [-0.2, 0) is 14.8 Å². The Hall–Kier alpha value is -2.32. The van der Waals surface area contributed by atoms with Crippen molar-refractivity contribution in [2.24, 2.45) is 0 Å². The van der Waals surface area contributed by atoms with Crippen LogP contribution in [0.3, 0.4) is 0 Å². The number of carbonyl (C=O) groups excluding carboxylic acids is 1. The van der Waals surface area contributed by atoms with Gasteiger partial charge in [-0.1, -0.05) is 12.1 Å². The van der Waals surface area contributed by atoms with Gasteiger partial charge in [-0.05, 0) is 49.6 Å². The summed E-state index contributed by atoms with van der Waals surface area (Å²) in [6.45, 7) is 3.80. The molecule has 0 aliphatic heterocycles. The van der Waals surface area contributed by atoms with Crippen LogP contribution in [0.5, 0.6) is 0 Å². The molecule has 0 saturated carbocycles. The fraction of sp³-hybridized carbons (Fsp3) is 0.278. The number of halogens is 2. The molecule has 0 fully saturated rings. The summed E-state index contributed by atoms with van der Waals surface area (Å²) in [7, 11) is -4.10. The molecule has 0 radical (unpaired) electrons. The summed E-state index contributed by atoms with van der Waals surface area (Å²) < 4.78 is 52.7. The van der Waals surface area contributed by atoms with Gasteiger partial charge in [0, 0.05) is 24.7 Å². The van der Waals surface area contributed by atoms with Crippen LogP contribution in [0, 0.1) is 25.5 Å². The molecule has 140 valence electrons. The smallest absolute Gasteiger partial charge is 0.243 e. The first kappa shape index (κ1) is 20.0. The summed E-state index contributed by atoms with van der Waals surface area (Å²) in [5.41, 5.74) is 2.73. The molecule has 26 heavy (non-hydrogen) atoms. The molecular formula is C18H20F2N2O3S. The molecule has 0 aliphatic rings. The Labute approximate surface area is 151 Å². The van der Waals surface area contributed by atoms with E-state index in [0.29, 0.717) is 11.8 Å². The second kappa shape index (κ2) is 8.37. The van der Waals surface area contributed by atoms with Gasteiger partial charge in [-0.2, -0.15) is 0 Å². The van der Waals surface area contributed by atoms with E-state index in [1.165, 1.54) is 0 Å². The lowest BCUT2D eigenvalue weighted by Crippen LogP contribution is -2.26. The molecule has 0 saturated heterocycles. The Morgan fingerprint density at radius 1 is 1.12 bits per heavy atom. The quantitative estimate of drug-likeness (QED) is 0.722. The van der Waals surface area contributed by atoms with Crippen molar-refractivity contribution in [3.05, 3.63) is 59.2 Å². The predicted octanol–water partition coefficient (Wildman–Crippen LogP) is 3.28. The van der Waals surface area contributed by atoms with E-state index in [1.54, 1.807) is 6.07 Å². The molecule has 2 aromatic rings. The van der Waals surface area contributed by atoms with Crippen LogP contribution in [-0.4, -0.2) is 20.9 Å². The van der Waals surface area contributed by atoms with E-state index in [2.05, 4.69) is 10.0 Å². The second-order valence-corrected chi connectivity index (χ2v) is 7.61. The highest BCUT2D eigenvalue weighted by Crippen LogP contribution is 2.18. The summed E-state index contributed by atoms with van der Waals surface area (Å²) in [5.74, 6) is -2.26. The highest BCUT2D eigenvalue weighted by atomic mass is 32.2. The molecule has 0 spiro atoms. The van der Waals surface area contributed by atoms with Crippen molar-refractivity contribution in [3.8, 4) is 0 Å². The highest BCUT2D eigenvalue weighted by Gasteiger charge is 2.19. The average molecular weight is 382 g/mol. The van der Waals surface area contributed by atoms with Crippen LogP contribution in [0.4, 0.5) is 14.5 Å². The van der Waals surface area contributed by atoms with Gasteiger partial charge < -0.3 is 5.32 Å². The molecule has 2 N–H and O–H groups in total. The topological polar surface area (TPSA) is 75.3 Å². The summed E-state index contributed by atoms with van der Waals surface area (Å²) >= 11 is 0. The Balaban J connectivity index is 1.86. The minimum atomic E-state index is -4.10. The Kier molecular flexibility index (Phi) is 6.44. The molecule has 8 heteroatoms. The first-order valence-electron chi connectivity index (χ1n) is 8.01. The van der Waals surface area contributed by atoms with Gasteiger partial charge in [0.05, 0.1) is 0 Å².